The van der Waals surface area contributed by atoms with Crippen molar-refractivity contribution in [2.75, 3.05) is 18.2 Å². The van der Waals surface area contributed by atoms with Gasteiger partial charge >= 0.3 is 0 Å². The van der Waals surface area contributed by atoms with Gasteiger partial charge in [-0.05, 0) is 24.0 Å². The van der Waals surface area contributed by atoms with E-state index < -0.39 is 0 Å². The second-order valence-corrected chi connectivity index (χ2v) is 4.87. The molecule has 6 nitrogen and oxygen atoms in total. The minimum atomic E-state index is 0.227. The number of oxime groups is 1. The van der Waals surface area contributed by atoms with Gasteiger partial charge in [0.1, 0.15) is 25.1 Å². The summed E-state index contributed by atoms with van der Waals surface area (Å²) in [7, 11) is 1.48. The summed E-state index contributed by atoms with van der Waals surface area (Å²) >= 11 is 0. The molecule has 1 aliphatic rings. The molecule has 0 fully saturated rings. The number of aromatic nitrogens is 2. The Labute approximate surface area is 123 Å². The van der Waals surface area contributed by atoms with Gasteiger partial charge in [-0.1, -0.05) is 29.4 Å². The first-order chi connectivity index (χ1) is 10.3. The lowest BCUT2D eigenvalue weighted by Gasteiger charge is -2.16. The van der Waals surface area contributed by atoms with Crippen LogP contribution in [-0.2, 0) is 11.3 Å². The molecule has 21 heavy (non-hydrogen) atoms. The Hall–Kier alpha value is -2.63. The number of fused-ring (bicyclic) bond motifs is 1. The zero-order valence-corrected chi connectivity index (χ0v) is 11.8. The summed E-state index contributed by atoms with van der Waals surface area (Å²) in [5.74, 6) is 1.05. The van der Waals surface area contributed by atoms with Crippen molar-refractivity contribution in [1.82, 2.24) is 9.97 Å². The van der Waals surface area contributed by atoms with E-state index in [2.05, 4.69) is 44.7 Å². The van der Waals surface area contributed by atoms with E-state index in [0.29, 0.717) is 17.2 Å². The average Bonchev–Trinajstić information content (AvgIpc) is 2.90. The Bertz CT molecular complexity index is 671. The first-order valence-corrected chi connectivity index (χ1v) is 6.81. The van der Waals surface area contributed by atoms with Gasteiger partial charge in [0.2, 0.25) is 0 Å². The largest absolute Gasteiger partial charge is 0.399 e. The highest BCUT2D eigenvalue weighted by molar-refractivity contribution is 5.91. The van der Waals surface area contributed by atoms with Gasteiger partial charge in [0.25, 0.3) is 0 Å². The van der Waals surface area contributed by atoms with Crippen molar-refractivity contribution < 1.29 is 4.84 Å². The quantitative estimate of drug-likeness (QED) is 0.663. The zero-order valence-electron chi connectivity index (χ0n) is 11.8. The van der Waals surface area contributed by atoms with Gasteiger partial charge in [-0.3, -0.25) is 0 Å². The first-order valence-electron chi connectivity index (χ1n) is 6.81. The maximum atomic E-state index is 5.89. The van der Waals surface area contributed by atoms with Crippen molar-refractivity contribution in [2.45, 2.75) is 18.9 Å². The molecule has 1 heterocycles. The highest BCUT2D eigenvalue weighted by atomic mass is 16.6. The third-order valence-corrected chi connectivity index (χ3v) is 3.65. The number of nitrogen functional groups attached to an aromatic ring is 1. The normalized spacial score (nSPS) is 16.9. The lowest BCUT2D eigenvalue weighted by molar-refractivity contribution is 0.215. The second-order valence-electron chi connectivity index (χ2n) is 4.87. The van der Waals surface area contributed by atoms with Gasteiger partial charge < -0.3 is 15.9 Å². The molecule has 1 atom stereocenters. The van der Waals surface area contributed by atoms with Crippen molar-refractivity contribution >= 4 is 17.9 Å². The Morgan fingerprint density at radius 1 is 1.38 bits per heavy atom. The highest BCUT2D eigenvalue weighted by Gasteiger charge is 2.23. The molecule has 3 N–H and O–H groups in total. The minimum Gasteiger partial charge on any atom is -0.399 e. The van der Waals surface area contributed by atoms with Crippen LogP contribution in [0.2, 0.25) is 0 Å². The third kappa shape index (κ3) is 2.65. The Morgan fingerprint density at radius 3 is 3.10 bits per heavy atom. The second kappa shape index (κ2) is 5.78. The summed E-state index contributed by atoms with van der Waals surface area (Å²) in [5, 5.41) is 7.19. The molecule has 0 unspecified atom stereocenters. The van der Waals surface area contributed by atoms with Crippen LogP contribution in [0.15, 0.2) is 35.7 Å². The Balaban J connectivity index is 1.89. The van der Waals surface area contributed by atoms with E-state index in [-0.39, 0.29) is 6.04 Å². The zero-order chi connectivity index (χ0) is 14.7. The molecule has 0 saturated heterocycles. The molecule has 2 aromatic rings. The predicted molar refractivity (Wildman–Crippen MR) is 82.2 cm³/mol. The lowest BCUT2D eigenvalue weighted by Crippen LogP contribution is -2.12. The number of aryl methyl sites for hydroxylation is 1. The maximum absolute atomic E-state index is 5.89. The number of rotatable bonds is 4. The van der Waals surface area contributed by atoms with Gasteiger partial charge in [-0.25, -0.2) is 9.97 Å². The topological polar surface area (TPSA) is 85.4 Å². The van der Waals surface area contributed by atoms with Gasteiger partial charge in [-0.2, -0.15) is 0 Å². The van der Waals surface area contributed by atoms with E-state index in [4.69, 9.17) is 10.6 Å². The molecule has 0 radical (unpaired) electrons. The number of nitrogens with two attached hydrogens (primary N) is 1. The van der Waals surface area contributed by atoms with E-state index in [9.17, 15) is 0 Å². The molecular weight excluding hydrogens is 266 g/mol. The molecule has 0 amide bonds. The van der Waals surface area contributed by atoms with Crippen molar-refractivity contribution in [3.05, 3.63) is 47.3 Å². The number of nitrogens with one attached hydrogen (secondary N) is 1. The van der Waals surface area contributed by atoms with E-state index in [0.717, 1.165) is 12.8 Å². The number of anilines is 2. The number of nitrogens with zero attached hydrogens (tertiary/aromatic N) is 3. The summed E-state index contributed by atoms with van der Waals surface area (Å²) in [6, 6.07) is 8.66. The van der Waals surface area contributed by atoms with E-state index >= 15 is 0 Å². The average molecular weight is 283 g/mol. The summed E-state index contributed by atoms with van der Waals surface area (Å²) in [5.41, 5.74) is 9.22. The van der Waals surface area contributed by atoms with Crippen molar-refractivity contribution in [2.24, 2.45) is 5.16 Å². The molecule has 0 bridgehead atoms. The minimum absolute atomic E-state index is 0.227. The summed E-state index contributed by atoms with van der Waals surface area (Å²) in [4.78, 5) is 13.0. The molecule has 6 heteroatoms. The fourth-order valence-electron chi connectivity index (χ4n) is 2.63. The smallest absolute Gasteiger partial charge is 0.141 e. The molecule has 0 spiro atoms. The monoisotopic (exact) mass is 283 g/mol. The van der Waals surface area contributed by atoms with Crippen LogP contribution in [0.1, 0.15) is 29.2 Å². The van der Waals surface area contributed by atoms with Crippen molar-refractivity contribution in [3.8, 4) is 0 Å². The van der Waals surface area contributed by atoms with Crippen LogP contribution in [0.5, 0.6) is 0 Å². The van der Waals surface area contributed by atoms with Gasteiger partial charge in [-0.15, -0.1) is 0 Å². The molecule has 108 valence electrons. The number of hydrogen-bond acceptors (Lipinski definition) is 6. The van der Waals surface area contributed by atoms with Crippen LogP contribution >= 0.6 is 0 Å². The third-order valence-electron chi connectivity index (χ3n) is 3.65. The Morgan fingerprint density at radius 2 is 2.24 bits per heavy atom. The van der Waals surface area contributed by atoms with Crippen LogP contribution in [-0.4, -0.2) is 23.3 Å². The Kier molecular flexibility index (Phi) is 3.68. The molecule has 1 aromatic heterocycles. The fourth-order valence-corrected chi connectivity index (χ4v) is 2.63. The number of benzene rings is 1. The van der Waals surface area contributed by atoms with Crippen LogP contribution in [0.25, 0.3) is 0 Å². The van der Waals surface area contributed by atoms with E-state index in [1.807, 2.05) is 0 Å². The summed E-state index contributed by atoms with van der Waals surface area (Å²) in [6.45, 7) is 0. The SMILES string of the molecule is CON=Cc1c(N)ncnc1N[C@@H]1CCc2ccccc21. The molecule has 3 rings (SSSR count). The van der Waals surface area contributed by atoms with E-state index in [1.54, 1.807) is 0 Å². The van der Waals surface area contributed by atoms with Gasteiger partial charge in [0.05, 0.1) is 17.8 Å². The molecule has 1 aliphatic carbocycles. The molecular formula is C15H17N5O. The first kappa shape index (κ1) is 13.4. The summed E-state index contributed by atoms with van der Waals surface area (Å²) in [6.07, 6.45) is 5.07. The van der Waals surface area contributed by atoms with Crippen LogP contribution in [0.4, 0.5) is 11.6 Å². The standard InChI is InChI=1S/C15H17N5O/c1-21-19-8-12-14(16)17-9-18-15(12)20-13-7-6-10-4-2-3-5-11(10)13/h2-5,8-9,13H,6-7H2,1H3,(H3,16,17,18,20)/t13-/m1/s1. The highest BCUT2D eigenvalue weighted by Crippen LogP contribution is 2.34. The maximum Gasteiger partial charge on any atom is 0.141 e. The van der Waals surface area contributed by atoms with Gasteiger partial charge in [0, 0.05) is 0 Å². The van der Waals surface area contributed by atoms with Gasteiger partial charge in [0.15, 0.2) is 0 Å². The number of hydrogen-bond donors (Lipinski definition) is 2. The van der Waals surface area contributed by atoms with Crippen molar-refractivity contribution in [1.29, 1.82) is 0 Å². The van der Waals surface area contributed by atoms with Crippen LogP contribution in [0.3, 0.4) is 0 Å². The van der Waals surface area contributed by atoms with Crippen LogP contribution < -0.4 is 11.1 Å². The van der Waals surface area contributed by atoms with Crippen molar-refractivity contribution in [3.63, 3.8) is 0 Å². The van der Waals surface area contributed by atoms with Crippen LogP contribution in [0, 0.1) is 0 Å². The van der Waals surface area contributed by atoms with E-state index in [1.165, 1.54) is 30.8 Å². The summed E-state index contributed by atoms with van der Waals surface area (Å²) < 4.78 is 0. The molecule has 0 saturated carbocycles. The lowest BCUT2D eigenvalue weighted by atomic mass is 10.1. The molecule has 0 aliphatic heterocycles. The fraction of sp³-hybridized carbons (Fsp3) is 0.267. The molecule has 1 aromatic carbocycles. The predicted octanol–water partition coefficient (Wildman–Crippen LogP) is 2.14.